The lowest BCUT2D eigenvalue weighted by molar-refractivity contribution is 0.100. The summed E-state index contributed by atoms with van der Waals surface area (Å²) in [5, 5.41) is 2.51. The molecule has 0 atom stereocenters. The predicted molar refractivity (Wildman–Crippen MR) is 80.6 cm³/mol. The Morgan fingerprint density at radius 1 is 1.23 bits per heavy atom. The third-order valence-corrected chi connectivity index (χ3v) is 3.19. The number of primary amides is 1. The highest BCUT2D eigenvalue weighted by molar-refractivity contribution is 6.09. The number of rotatable bonds is 4. The van der Waals surface area contributed by atoms with Gasteiger partial charge in [-0.2, -0.15) is 0 Å². The molecule has 0 saturated carbocycles. The summed E-state index contributed by atoms with van der Waals surface area (Å²) in [7, 11) is 1.40. The Bertz CT molecular complexity index is 744. The molecule has 0 aliphatic rings. The maximum absolute atomic E-state index is 13.9. The number of nitrogens with two attached hydrogens (primary N) is 1. The largest absolute Gasteiger partial charge is 0.497 e. The number of carbonyl (C=O) groups is 2. The van der Waals surface area contributed by atoms with Gasteiger partial charge in [-0.05, 0) is 30.7 Å². The van der Waals surface area contributed by atoms with Gasteiger partial charge >= 0.3 is 0 Å². The van der Waals surface area contributed by atoms with Crippen molar-refractivity contribution < 1.29 is 18.7 Å². The molecule has 3 N–H and O–H groups in total. The van der Waals surface area contributed by atoms with Gasteiger partial charge in [-0.3, -0.25) is 9.59 Å². The van der Waals surface area contributed by atoms with Crippen LogP contribution in [-0.2, 0) is 0 Å². The molecule has 0 fully saturated rings. The van der Waals surface area contributed by atoms with E-state index in [-0.39, 0.29) is 16.8 Å². The Morgan fingerprint density at radius 2 is 1.95 bits per heavy atom. The highest BCUT2D eigenvalue weighted by atomic mass is 19.1. The third-order valence-electron chi connectivity index (χ3n) is 3.19. The first-order valence-corrected chi connectivity index (χ1v) is 6.48. The molecule has 2 aromatic carbocycles. The van der Waals surface area contributed by atoms with Crippen LogP contribution in [0.15, 0.2) is 36.4 Å². The molecule has 6 heteroatoms. The predicted octanol–water partition coefficient (Wildman–Crippen LogP) is 2.49. The van der Waals surface area contributed by atoms with Gasteiger partial charge in [0, 0.05) is 6.07 Å². The number of benzene rings is 2. The van der Waals surface area contributed by atoms with Crippen molar-refractivity contribution in [3.05, 3.63) is 58.9 Å². The van der Waals surface area contributed by atoms with Gasteiger partial charge in [0.2, 0.25) is 0 Å². The van der Waals surface area contributed by atoms with Gasteiger partial charge in [0.15, 0.2) is 0 Å². The van der Waals surface area contributed by atoms with Crippen LogP contribution < -0.4 is 15.8 Å². The second-order valence-electron chi connectivity index (χ2n) is 4.66. The number of methoxy groups -OCH3 is 1. The minimum atomic E-state index is -0.717. The molecular formula is C16H15FN2O3. The van der Waals surface area contributed by atoms with Crippen molar-refractivity contribution in [1.82, 2.24) is 0 Å². The van der Waals surface area contributed by atoms with Crippen LogP contribution in [0.5, 0.6) is 5.75 Å². The number of anilines is 1. The van der Waals surface area contributed by atoms with Crippen molar-refractivity contribution in [3.8, 4) is 5.75 Å². The molecule has 2 aromatic rings. The van der Waals surface area contributed by atoms with Gasteiger partial charge in [-0.15, -0.1) is 0 Å². The number of amides is 2. The molecule has 0 unspecified atom stereocenters. The Kier molecular flexibility index (Phi) is 4.41. The molecule has 0 radical (unpaired) electrons. The van der Waals surface area contributed by atoms with E-state index in [4.69, 9.17) is 10.5 Å². The molecule has 0 bridgehead atoms. The summed E-state index contributed by atoms with van der Waals surface area (Å²) in [6, 6.07) is 8.80. The minimum Gasteiger partial charge on any atom is -0.497 e. The molecule has 2 amide bonds. The highest BCUT2D eigenvalue weighted by Gasteiger charge is 2.17. The van der Waals surface area contributed by atoms with Gasteiger partial charge in [-0.1, -0.05) is 12.1 Å². The quantitative estimate of drug-likeness (QED) is 0.910. The van der Waals surface area contributed by atoms with E-state index in [9.17, 15) is 14.0 Å². The SMILES string of the molecule is COc1ccc(C(=O)Nc2cccc(C)c2C(N)=O)c(F)c1. The summed E-state index contributed by atoms with van der Waals surface area (Å²) in [4.78, 5) is 23.7. The van der Waals surface area contributed by atoms with Crippen molar-refractivity contribution in [3.63, 3.8) is 0 Å². The lowest BCUT2D eigenvalue weighted by Crippen LogP contribution is -2.20. The summed E-state index contributed by atoms with van der Waals surface area (Å²) in [5.41, 5.74) is 6.23. The number of carbonyl (C=O) groups excluding carboxylic acids is 2. The lowest BCUT2D eigenvalue weighted by atomic mass is 10.1. The molecule has 2 rings (SSSR count). The van der Waals surface area contributed by atoms with Gasteiger partial charge in [0.05, 0.1) is 23.9 Å². The summed E-state index contributed by atoms with van der Waals surface area (Å²) < 4.78 is 18.8. The van der Waals surface area contributed by atoms with Crippen molar-refractivity contribution in [2.45, 2.75) is 6.92 Å². The fourth-order valence-corrected chi connectivity index (χ4v) is 2.10. The van der Waals surface area contributed by atoms with Crippen molar-refractivity contribution in [2.75, 3.05) is 12.4 Å². The molecule has 0 aromatic heterocycles. The molecule has 0 heterocycles. The average molecular weight is 302 g/mol. The molecule has 0 aliphatic carbocycles. The Balaban J connectivity index is 2.34. The number of nitrogens with one attached hydrogen (secondary N) is 1. The van der Waals surface area contributed by atoms with Crippen LogP contribution >= 0.6 is 0 Å². The second-order valence-corrected chi connectivity index (χ2v) is 4.66. The van der Waals surface area contributed by atoms with E-state index in [0.29, 0.717) is 11.3 Å². The summed E-state index contributed by atoms with van der Waals surface area (Å²) in [6.45, 7) is 1.70. The molecule has 5 nitrogen and oxygen atoms in total. The first kappa shape index (κ1) is 15.5. The van der Waals surface area contributed by atoms with Crippen LogP contribution in [0, 0.1) is 12.7 Å². The van der Waals surface area contributed by atoms with E-state index in [1.807, 2.05) is 0 Å². The zero-order valence-corrected chi connectivity index (χ0v) is 12.1. The molecule has 0 spiro atoms. The van der Waals surface area contributed by atoms with Crippen molar-refractivity contribution >= 4 is 17.5 Å². The van der Waals surface area contributed by atoms with Gasteiger partial charge in [0.25, 0.3) is 11.8 Å². The van der Waals surface area contributed by atoms with Crippen LogP contribution in [-0.4, -0.2) is 18.9 Å². The van der Waals surface area contributed by atoms with E-state index in [1.165, 1.54) is 25.3 Å². The molecule has 0 saturated heterocycles. The van der Waals surface area contributed by atoms with Crippen molar-refractivity contribution in [1.29, 1.82) is 0 Å². The van der Waals surface area contributed by atoms with Crippen LogP contribution in [0.3, 0.4) is 0 Å². The second kappa shape index (κ2) is 6.26. The third kappa shape index (κ3) is 3.06. The number of hydrogen-bond donors (Lipinski definition) is 2. The maximum atomic E-state index is 13.9. The summed E-state index contributed by atoms with van der Waals surface area (Å²) in [6.07, 6.45) is 0. The molecule has 0 aliphatic heterocycles. The van der Waals surface area contributed by atoms with E-state index in [0.717, 1.165) is 6.07 Å². The van der Waals surface area contributed by atoms with Crippen LogP contribution in [0.1, 0.15) is 26.3 Å². The fraction of sp³-hybridized carbons (Fsp3) is 0.125. The van der Waals surface area contributed by atoms with Gasteiger partial charge < -0.3 is 15.8 Å². The zero-order chi connectivity index (χ0) is 16.3. The zero-order valence-electron chi connectivity index (χ0n) is 12.1. The van der Waals surface area contributed by atoms with Crippen LogP contribution in [0.4, 0.5) is 10.1 Å². The van der Waals surface area contributed by atoms with Gasteiger partial charge in [0.1, 0.15) is 11.6 Å². The average Bonchev–Trinajstić information content (AvgIpc) is 2.46. The topological polar surface area (TPSA) is 81.4 Å². The van der Waals surface area contributed by atoms with Crippen LogP contribution in [0.25, 0.3) is 0 Å². The van der Waals surface area contributed by atoms with Crippen molar-refractivity contribution in [2.24, 2.45) is 5.73 Å². The standard InChI is InChI=1S/C16H15FN2O3/c1-9-4-3-5-13(14(9)15(18)20)19-16(21)11-7-6-10(22-2)8-12(11)17/h3-8H,1-2H3,(H2,18,20)(H,19,21). The minimum absolute atomic E-state index is 0.155. The summed E-state index contributed by atoms with van der Waals surface area (Å²) >= 11 is 0. The van der Waals surface area contributed by atoms with E-state index in [2.05, 4.69) is 5.32 Å². The fourth-order valence-electron chi connectivity index (χ4n) is 2.10. The van der Waals surface area contributed by atoms with E-state index >= 15 is 0 Å². The highest BCUT2D eigenvalue weighted by Crippen LogP contribution is 2.21. The first-order chi connectivity index (χ1) is 10.4. The number of aryl methyl sites for hydroxylation is 1. The number of hydrogen-bond acceptors (Lipinski definition) is 3. The van der Waals surface area contributed by atoms with Crippen LogP contribution in [0.2, 0.25) is 0 Å². The normalized spacial score (nSPS) is 10.1. The first-order valence-electron chi connectivity index (χ1n) is 6.48. The molecular weight excluding hydrogens is 287 g/mol. The smallest absolute Gasteiger partial charge is 0.258 e. The molecule has 22 heavy (non-hydrogen) atoms. The van der Waals surface area contributed by atoms with Gasteiger partial charge in [-0.25, -0.2) is 4.39 Å². The lowest BCUT2D eigenvalue weighted by Gasteiger charge is -2.12. The Hall–Kier alpha value is -2.89. The summed E-state index contributed by atoms with van der Waals surface area (Å²) in [5.74, 6) is -1.75. The van der Waals surface area contributed by atoms with E-state index < -0.39 is 17.6 Å². The number of halogens is 1. The molecule has 114 valence electrons. The monoisotopic (exact) mass is 302 g/mol. The Morgan fingerprint density at radius 3 is 2.55 bits per heavy atom. The number of ether oxygens (including phenoxy) is 1. The van der Waals surface area contributed by atoms with E-state index in [1.54, 1.807) is 19.1 Å². The maximum Gasteiger partial charge on any atom is 0.258 e. The Labute approximate surface area is 126 Å².